The molecule has 4 bridgehead atoms. The van der Waals surface area contributed by atoms with E-state index in [1.54, 1.807) is 43.2 Å². The van der Waals surface area contributed by atoms with Gasteiger partial charge in [0.25, 0.3) is 0 Å². The lowest BCUT2D eigenvalue weighted by Gasteiger charge is -2.58. The van der Waals surface area contributed by atoms with Gasteiger partial charge in [-0.05, 0) is 111 Å². The van der Waals surface area contributed by atoms with Crippen molar-refractivity contribution in [2.45, 2.75) is 154 Å². The van der Waals surface area contributed by atoms with Crippen molar-refractivity contribution >= 4 is 15.8 Å². The molecule has 4 aliphatic rings. The van der Waals surface area contributed by atoms with E-state index >= 15 is 0 Å². The molecule has 1 unspecified atom stereocenters. The van der Waals surface area contributed by atoms with Crippen LogP contribution in [0.2, 0.25) is 0 Å². The minimum absolute atomic E-state index is 0.0558. The highest BCUT2D eigenvalue weighted by Crippen LogP contribution is 2.69. The fraction of sp³-hybridized carbons (Fsp3) is 0.824. The van der Waals surface area contributed by atoms with E-state index in [0.29, 0.717) is 15.5 Å². The molecule has 0 aromatic heterocycles. The minimum atomic E-state index is -0.154. The Balaban J connectivity index is 1.72. The Hall–Kier alpha value is 0.0800. The first kappa shape index (κ1) is 29.1. The highest BCUT2D eigenvalue weighted by atomic mass is 31.1. The Morgan fingerprint density at radius 2 is 1.11 bits per heavy atom. The Morgan fingerprint density at radius 3 is 1.53 bits per heavy atom. The van der Waals surface area contributed by atoms with Crippen LogP contribution in [-0.4, -0.2) is 21.1 Å². The fourth-order valence-electron chi connectivity index (χ4n) is 8.42. The smallest absolute Gasteiger partial charge is 0.00607 e. The van der Waals surface area contributed by atoms with E-state index in [1.807, 2.05) is 0 Å². The van der Waals surface area contributed by atoms with Crippen LogP contribution in [0.3, 0.4) is 0 Å². The van der Waals surface area contributed by atoms with Crippen molar-refractivity contribution in [2.75, 3.05) is 0 Å². The molecule has 0 saturated heterocycles. The van der Waals surface area contributed by atoms with Gasteiger partial charge in [0.05, 0.1) is 0 Å². The lowest BCUT2D eigenvalue weighted by Crippen LogP contribution is -2.49. The molecule has 0 radical (unpaired) electrons. The molecule has 1 aromatic carbocycles. The van der Waals surface area contributed by atoms with Gasteiger partial charge in [0, 0.05) is 0 Å². The first-order chi connectivity index (χ1) is 16.3. The van der Waals surface area contributed by atoms with Gasteiger partial charge in [0.1, 0.15) is 0 Å². The molecule has 0 heterocycles. The van der Waals surface area contributed by atoms with Crippen molar-refractivity contribution in [3.05, 3.63) is 34.9 Å². The summed E-state index contributed by atoms with van der Waals surface area (Å²) in [6.07, 6.45) is 10.4. The first-order valence-corrected chi connectivity index (χ1v) is 18.1. The Labute approximate surface area is 228 Å². The summed E-state index contributed by atoms with van der Waals surface area (Å²) in [5.41, 5.74) is 6.14. The molecule has 0 N–H and O–H groups in total. The quantitative estimate of drug-likeness (QED) is 0.333. The summed E-state index contributed by atoms with van der Waals surface area (Å²) >= 11 is 0. The van der Waals surface area contributed by atoms with Crippen LogP contribution in [0.25, 0.3) is 0 Å². The molecule has 4 aliphatic carbocycles. The van der Waals surface area contributed by atoms with Crippen LogP contribution < -0.4 is 0 Å². The summed E-state index contributed by atoms with van der Waals surface area (Å²) in [6, 6.07) is 7.73. The van der Waals surface area contributed by atoms with Crippen LogP contribution in [-0.2, 0) is 17.7 Å². The van der Waals surface area contributed by atoms with Crippen LogP contribution in [0.5, 0.6) is 0 Å². The van der Waals surface area contributed by atoms with Gasteiger partial charge < -0.3 is 0 Å². The van der Waals surface area contributed by atoms with E-state index in [2.05, 4.69) is 101 Å². The van der Waals surface area contributed by atoms with Crippen LogP contribution in [0.15, 0.2) is 18.2 Å². The van der Waals surface area contributed by atoms with Gasteiger partial charge in [-0.1, -0.05) is 117 Å². The summed E-state index contributed by atoms with van der Waals surface area (Å²) < 4.78 is 0. The zero-order chi connectivity index (χ0) is 26.8. The van der Waals surface area contributed by atoms with Crippen molar-refractivity contribution in [1.29, 1.82) is 0 Å². The van der Waals surface area contributed by atoms with E-state index in [-0.39, 0.29) is 21.3 Å². The summed E-state index contributed by atoms with van der Waals surface area (Å²) in [7, 11) is -0.209. The Morgan fingerprint density at radius 1 is 0.611 bits per heavy atom. The third-order valence-corrected chi connectivity index (χ3v) is 17.6. The maximum Gasteiger partial charge on any atom is -0.00607 e. The minimum Gasteiger partial charge on any atom is -0.0929 e. The number of hydrogen-bond acceptors (Lipinski definition) is 0. The maximum atomic E-state index is 2.65. The number of benzene rings is 1. The second-order valence-electron chi connectivity index (χ2n) is 16.9. The molecular weight excluding hydrogens is 470 g/mol. The van der Waals surface area contributed by atoms with Crippen molar-refractivity contribution < 1.29 is 0 Å². The third kappa shape index (κ3) is 6.28. The van der Waals surface area contributed by atoms with Crippen LogP contribution in [0.1, 0.15) is 132 Å². The monoisotopic (exact) mass is 528 g/mol. The number of rotatable bonds is 5. The van der Waals surface area contributed by atoms with Gasteiger partial charge in [0.2, 0.25) is 0 Å². The molecule has 36 heavy (non-hydrogen) atoms. The molecule has 0 aliphatic heterocycles. The molecule has 204 valence electrons. The van der Waals surface area contributed by atoms with E-state index in [0.717, 1.165) is 29.3 Å². The van der Waals surface area contributed by atoms with Crippen molar-refractivity contribution in [3.63, 3.8) is 0 Å². The van der Waals surface area contributed by atoms with E-state index in [9.17, 15) is 0 Å². The Kier molecular flexibility index (Phi) is 8.01. The van der Waals surface area contributed by atoms with Gasteiger partial charge in [-0.2, -0.15) is 0 Å². The standard InChI is InChI=1S/C34H58P2/c1-31(2,3)29-14-13-25(28(20-29)22-36(33(7,8)9)34(10,11)12)21-35(32(4,5)6)30-26-16-23-15-24(18-26)19-27(30)17-23/h13-14,20,23-24,26-27,30H,15-19,21-22H2,1-12H3. The Bertz CT molecular complexity index is 872. The molecular formula is C34H58P2. The lowest BCUT2D eigenvalue weighted by molar-refractivity contribution is 0.0242. The molecule has 0 spiro atoms. The van der Waals surface area contributed by atoms with Crippen molar-refractivity contribution in [3.8, 4) is 0 Å². The highest BCUT2D eigenvalue weighted by Gasteiger charge is 2.52. The molecule has 4 saturated carbocycles. The lowest BCUT2D eigenvalue weighted by atomic mass is 9.56. The molecule has 1 atom stereocenters. The number of hydrogen-bond donors (Lipinski definition) is 0. The van der Waals surface area contributed by atoms with Gasteiger partial charge in [-0.25, -0.2) is 0 Å². The molecule has 2 heteroatoms. The van der Waals surface area contributed by atoms with Crippen molar-refractivity contribution in [2.24, 2.45) is 23.7 Å². The van der Waals surface area contributed by atoms with E-state index in [4.69, 9.17) is 0 Å². The van der Waals surface area contributed by atoms with Gasteiger partial charge in [-0.15, -0.1) is 0 Å². The summed E-state index contributed by atoms with van der Waals surface area (Å²) in [6.45, 7) is 29.9. The largest absolute Gasteiger partial charge is 0.0929 e. The highest BCUT2D eigenvalue weighted by molar-refractivity contribution is 7.60. The maximum absolute atomic E-state index is 2.65. The summed E-state index contributed by atoms with van der Waals surface area (Å²) in [5, 5.41) is 1.14. The fourth-order valence-corrected chi connectivity index (χ4v) is 15.8. The topological polar surface area (TPSA) is 0 Å². The molecule has 0 amide bonds. The van der Waals surface area contributed by atoms with Gasteiger partial charge >= 0.3 is 0 Å². The van der Waals surface area contributed by atoms with Gasteiger partial charge in [-0.3, -0.25) is 0 Å². The van der Waals surface area contributed by atoms with Crippen LogP contribution in [0, 0.1) is 23.7 Å². The summed E-state index contributed by atoms with van der Waals surface area (Å²) in [4.78, 5) is 0. The molecule has 0 nitrogen and oxygen atoms in total. The molecule has 4 fully saturated rings. The SMILES string of the molecule is CC(C)(C)c1ccc(CP(C2C3CC4CC(C3)CC2C4)C(C)(C)C)c(CP(C(C)(C)C)C(C)(C)C)c1. The molecule has 1 aromatic rings. The van der Waals surface area contributed by atoms with Crippen LogP contribution in [0.4, 0.5) is 0 Å². The molecule has 5 rings (SSSR count). The second-order valence-corrected chi connectivity index (χ2v) is 23.9. The predicted octanol–water partition coefficient (Wildman–Crippen LogP) is 11.2. The predicted molar refractivity (Wildman–Crippen MR) is 166 cm³/mol. The average molecular weight is 529 g/mol. The second kappa shape index (κ2) is 9.92. The van der Waals surface area contributed by atoms with Crippen molar-refractivity contribution in [1.82, 2.24) is 0 Å². The summed E-state index contributed by atoms with van der Waals surface area (Å²) in [5.74, 6) is 4.21. The first-order valence-electron chi connectivity index (χ1n) is 15.0. The van der Waals surface area contributed by atoms with Gasteiger partial charge in [0.15, 0.2) is 0 Å². The normalized spacial score (nSPS) is 29.8. The van der Waals surface area contributed by atoms with E-state index < -0.39 is 0 Å². The van der Waals surface area contributed by atoms with E-state index in [1.165, 1.54) is 17.9 Å². The van der Waals surface area contributed by atoms with Crippen LogP contribution >= 0.6 is 15.8 Å². The third-order valence-electron chi connectivity index (χ3n) is 9.76. The zero-order valence-electron chi connectivity index (χ0n) is 26.0. The average Bonchev–Trinajstić information content (AvgIpc) is 2.67. The zero-order valence-corrected chi connectivity index (χ0v) is 27.8.